The van der Waals surface area contributed by atoms with Gasteiger partial charge in [0.15, 0.2) is 0 Å². The van der Waals surface area contributed by atoms with Gasteiger partial charge in [-0.1, -0.05) is 12.1 Å². The van der Waals surface area contributed by atoms with E-state index in [0.29, 0.717) is 5.70 Å². The Hall–Kier alpha value is -2.56. The lowest BCUT2D eigenvalue weighted by molar-refractivity contribution is -0.112. The number of carbonyl (C=O) groups excluding carboxylic acids is 1. The number of fused-ring (bicyclic) bond motifs is 1. The van der Waals surface area contributed by atoms with Gasteiger partial charge in [-0.05, 0) is 24.3 Å². The minimum atomic E-state index is -0.154. The van der Waals surface area contributed by atoms with Crippen molar-refractivity contribution in [2.24, 2.45) is 0 Å². The van der Waals surface area contributed by atoms with Crippen molar-refractivity contribution in [2.75, 3.05) is 10.6 Å². The third-order valence-electron chi connectivity index (χ3n) is 2.51. The molecule has 3 rings (SSSR count). The van der Waals surface area contributed by atoms with Crippen LogP contribution >= 0.6 is 0 Å². The van der Waals surface area contributed by atoms with Crippen LogP contribution in [0.1, 0.15) is 5.69 Å². The molecule has 0 unspecified atom stereocenters. The van der Waals surface area contributed by atoms with Gasteiger partial charge in [0.1, 0.15) is 5.70 Å². The summed E-state index contributed by atoms with van der Waals surface area (Å²) in [5.74, 6) is -0.154. The number of rotatable bonds is 1. The summed E-state index contributed by atoms with van der Waals surface area (Å²) in [7, 11) is 0. The summed E-state index contributed by atoms with van der Waals surface area (Å²) in [6.45, 7) is 0. The Morgan fingerprint density at radius 3 is 2.53 bits per heavy atom. The Labute approximate surface area is 97.5 Å². The molecular formula is C12H10N4O. The van der Waals surface area contributed by atoms with Gasteiger partial charge in [-0.15, -0.1) is 0 Å². The summed E-state index contributed by atoms with van der Waals surface area (Å²) < 4.78 is 0. The van der Waals surface area contributed by atoms with Crippen molar-refractivity contribution in [2.45, 2.75) is 0 Å². The minimum Gasteiger partial charge on any atom is -0.349 e. The van der Waals surface area contributed by atoms with Crippen LogP contribution in [0.25, 0.3) is 6.08 Å². The Morgan fingerprint density at radius 2 is 1.82 bits per heavy atom. The van der Waals surface area contributed by atoms with Gasteiger partial charge in [-0.25, -0.2) is 0 Å². The third kappa shape index (κ3) is 1.78. The molecule has 3 N–H and O–H groups in total. The molecule has 1 aromatic heterocycles. The highest BCUT2D eigenvalue weighted by Gasteiger charge is 2.18. The predicted molar refractivity (Wildman–Crippen MR) is 65.3 cm³/mol. The van der Waals surface area contributed by atoms with Crippen LogP contribution < -0.4 is 10.6 Å². The van der Waals surface area contributed by atoms with Gasteiger partial charge < -0.3 is 10.6 Å². The maximum atomic E-state index is 11.8. The van der Waals surface area contributed by atoms with Crippen molar-refractivity contribution in [3.63, 3.8) is 0 Å². The third-order valence-corrected chi connectivity index (χ3v) is 2.51. The fraction of sp³-hybridized carbons (Fsp3) is 0. The monoisotopic (exact) mass is 226 g/mol. The molecule has 1 aliphatic heterocycles. The minimum absolute atomic E-state index is 0.154. The summed E-state index contributed by atoms with van der Waals surface area (Å²) in [6, 6.07) is 9.35. The molecule has 1 aliphatic rings. The number of aromatic amines is 1. The van der Waals surface area contributed by atoms with Crippen LogP contribution in [-0.2, 0) is 4.79 Å². The quantitative estimate of drug-likeness (QED) is 0.649. The van der Waals surface area contributed by atoms with Gasteiger partial charge in [-0.2, -0.15) is 5.10 Å². The van der Waals surface area contributed by atoms with E-state index in [-0.39, 0.29) is 5.91 Å². The second-order valence-corrected chi connectivity index (χ2v) is 3.69. The van der Waals surface area contributed by atoms with Crippen molar-refractivity contribution in [1.82, 2.24) is 10.2 Å². The number of benzene rings is 1. The number of anilines is 2. The maximum absolute atomic E-state index is 11.8. The molecule has 0 radical (unpaired) electrons. The van der Waals surface area contributed by atoms with E-state index in [1.807, 2.05) is 24.3 Å². The molecule has 17 heavy (non-hydrogen) atoms. The summed E-state index contributed by atoms with van der Waals surface area (Å²) >= 11 is 0. The fourth-order valence-corrected chi connectivity index (χ4v) is 1.70. The topological polar surface area (TPSA) is 69.8 Å². The molecule has 2 aromatic rings. The van der Waals surface area contributed by atoms with E-state index < -0.39 is 0 Å². The molecule has 0 spiro atoms. The first kappa shape index (κ1) is 9.65. The summed E-state index contributed by atoms with van der Waals surface area (Å²) in [5.41, 5.74) is 2.95. The van der Waals surface area contributed by atoms with Crippen LogP contribution in [0, 0.1) is 0 Å². The molecule has 1 aromatic carbocycles. The van der Waals surface area contributed by atoms with E-state index in [1.54, 1.807) is 18.3 Å². The van der Waals surface area contributed by atoms with Gasteiger partial charge in [0.2, 0.25) is 0 Å². The van der Waals surface area contributed by atoms with Crippen molar-refractivity contribution in [1.29, 1.82) is 0 Å². The number of hydrogen-bond donors (Lipinski definition) is 3. The van der Waals surface area contributed by atoms with E-state index in [4.69, 9.17) is 0 Å². The summed E-state index contributed by atoms with van der Waals surface area (Å²) in [4.78, 5) is 11.8. The van der Waals surface area contributed by atoms with Crippen molar-refractivity contribution in [3.05, 3.63) is 47.9 Å². The Balaban J connectivity index is 1.97. The molecule has 84 valence electrons. The highest BCUT2D eigenvalue weighted by Crippen LogP contribution is 2.27. The fourth-order valence-electron chi connectivity index (χ4n) is 1.70. The smallest absolute Gasteiger partial charge is 0.272 e. The lowest BCUT2D eigenvalue weighted by Crippen LogP contribution is -2.25. The number of nitrogens with zero attached hydrogens (tertiary/aromatic N) is 1. The highest BCUT2D eigenvalue weighted by molar-refractivity contribution is 6.13. The highest BCUT2D eigenvalue weighted by atomic mass is 16.2. The molecule has 1 amide bonds. The van der Waals surface area contributed by atoms with Gasteiger partial charge in [0, 0.05) is 6.20 Å². The molecule has 5 nitrogen and oxygen atoms in total. The summed E-state index contributed by atoms with van der Waals surface area (Å²) in [5, 5.41) is 12.5. The number of carbonyl (C=O) groups is 1. The van der Waals surface area contributed by atoms with Gasteiger partial charge in [-0.3, -0.25) is 9.89 Å². The Kier molecular flexibility index (Phi) is 2.15. The average molecular weight is 226 g/mol. The SMILES string of the molecule is O=C1Nc2ccccc2NC1=Cc1ccn[nH]1. The normalized spacial score (nSPS) is 16.2. The molecular weight excluding hydrogens is 216 g/mol. The van der Waals surface area contributed by atoms with Gasteiger partial charge in [0.25, 0.3) is 5.91 Å². The second-order valence-electron chi connectivity index (χ2n) is 3.69. The zero-order valence-corrected chi connectivity index (χ0v) is 8.90. The largest absolute Gasteiger partial charge is 0.349 e. The molecule has 0 saturated heterocycles. The van der Waals surface area contributed by atoms with Gasteiger partial charge in [0.05, 0.1) is 17.1 Å². The van der Waals surface area contributed by atoms with Crippen molar-refractivity contribution >= 4 is 23.4 Å². The molecule has 2 heterocycles. The van der Waals surface area contributed by atoms with E-state index in [1.165, 1.54) is 0 Å². The molecule has 5 heteroatoms. The van der Waals surface area contributed by atoms with E-state index in [2.05, 4.69) is 20.8 Å². The zero-order chi connectivity index (χ0) is 11.7. The number of aromatic nitrogens is 2. The first-order valence-corrected chi connectivity index (χ1v) is 5.21. The number of hydrogen-bond acceptors (Lipinski definition) is 3. The second kappa shape index (κ2) is 3.79. The van der Waals surface area contributed by atoms with Crippen LogP contribution in [0.2, 0.25) is 0 Å². The molecule has 0 fully saturated rings. The van der Waals surface area contributed by atoms with Crippen LogP contribution in [-0.4, -0.2) is 16.1 Å². The zero-order valence-electron chi connectivity index (χ0n) is 8.90. The lowest BCUT2D eigenvalue weighted by Gasteiger charge is -2.20. The van der Waals surface area contributed by atoms with Crippen LogP contribution in [0.3, 0.4) is 0 Å². The maximum Gasteiger partial charge on any atom is 0.272 e. The van der Waals surface area contributed by atoms with Crippen LogP contribution in [0.15, 0.2) is 42.2 Å². The van der Waals surface area contributed by atoms with Gasteiger partial charge >= 0.3 is 0 Å². The number of para-hydroxylation sites is 2. The van der Waals surface area contributed by atoms with Crippen LogP contribution in [0.5, 0.6) is 0 Å². The Bertz CT molecular complexity index is 586. The Morgan fingerprint density at radius 1 is 1.06 bits per heavy atom. The first-order chi connectivity index (χ1) is 8.33. The number of H-pyrrole nitrogens is 1. The first-order valence-electron chi connectivity index (χ1n) is 5.21. The molecule has 0 saturated carbocycles. The predicted octanol–water partition coefficient (Wildman–Crippen LogP) is 1.81. The molecule has 0 bridgehead atoms. The number of nitrogens with one attached hydrogen (secondary N) is 3. The van der Waals surface area contributed by atoms with Crippen molar-refractivity contribution in [3.8, 4) is 0 Å². The molecule has 0 aliphatic carbocycles. The van der Waals surface area contributed by atoms with Crippen LogP contribution in [0.4, 0.5) is 11.4 Å². The number of amides is 1. The van der Waals surface area contributed by atoms with Crippen molar-refractivity contribution < 1.29 is 4.79 Å². The van der Waals surface area contributed by atoms with E-state index in [0.717, 1.165) is 17.1 Å². The standard InChI is InChI=1S/C12H10N4O/c17-12-11(7-8-5-6-13-16-8)14-9-3-1-2-4-10(9)15-12/h1-7,14H,(H,13,16)(H,15,17). The van der Waals surface area contributed by atoms with E-state index in [9.17, 15) is 4.79 Å². The lowest BCUT2D eigenvalue weighted by atomic mass is 10.2. The van der Waals surface area contributed by atoms with E-state index >= 15 is 0 Å². The average Bonchev–Trinajstić information content (AvgIpc) is 2.83. The summed E-state index contributed by atoms with van der Waals surface area (Å²) in [6.07, 6.45) is 3.36. The molecule has 0 atom stereocenters.